The van der Waals surface area contributed by atoms with Gasteiger partial charge in [0.2, 0.25) is 0 Å². The molecule has 0 aliphatic heterocycles. The van der Waals surface area contributed by atoms with E-state index in [1.165, 1.54) is 0 Å². The molecule has 5 heteroatoms. The van der Waals surface area contributed by atoms with E-state index in [0.717, 1.165) is 33.6 Å². The van der Waals surface area contributed by atoms with Crippen molar-refractivity contribution >= 4 is 35.1 Å². The number of hydrogen-bond acceptors (Lipinski definition) is 5. The van der Waals surface area contributed by atoms with Crippen LogP contribution in [0, 0.1) is 0 Å². The Bertz CT molecular complexity index is 2070. The number of carbonyl (C=O) groups is 2. The highest BCUT2D eigenvalue weighted by Gasteiger charge is 2.09. The number of para-hydroxylation sites is 1. The Morgan fingerprint density at radius 2 is 0.940 bits per heavy atom. The van der Waals surface area contributed by atoms with E-state index in [1.807, 2.05) is 116 Å². The van der Waals surface area contributed by atoms with Gasteiger partial charge in [-0.05, 0) is 107 Å². The van der Waals surface area contributed by atoms with Crippen LogP contribution in [0.5, 0.6) is 11.5 Å². The van der Waals surface area contributed by atoms with E-state index in [0.29, 0.717) is 35.8 Å². The fourth-order valence-electron chi connectivity index (χ4n) is 5.30. The van der Waals surface area contributed by atoms with E-state index in [-0.39, 0.29) is 11.6 Å². The third-order valence-corrected chi connectivity index (χ3v) is 8.20. The van der Waals surface area contributed by atoms with E-state index >= 15 is 0 Å². The van der Waals surface area contributed by atoms with Gasteiger partial charge in [0.05, 0.1) is 0 Å². The fraction of sp³-hybridized carbons (Fsp3) is 0.0667. The first-order valence-corrected chi connectivity index (χ1v) is 16.4. The molecule has 6 aromatic rings. The van der Waals surface area contributed by atoms with Crippen LogP contribution < -0.4 is 14.4 Å². The summed E-state index contributed by atoms with van der Waals surface area (Å²) in [4.78, 5) is 28.5. The van der Waals surface area contributed by atoms with Crippen molar-refractivity contribution < 1.29 is 19.1 Å². The van der Waals surface area contributed by atoms with Crippen LogP contribution in [0.3, 0.4) is 0 Å². The van der Waals surface area contributed by atoms with Gasteiger partial charge in [-0.2, -0.15) is 0 Å². The number of ether oxygens (including phenoxy) is 2. The molecule has 50 heavy (non-hydrogen) atoms. The summed E-state index contributed by atoms with van der Waals surface area (Å²) in [6.07, 6.45) is 6.71. The summed E-state index contributed by atoms with van der Waals surface area (Å²) in [6, 6.07) is 50.2. The van der Waals surface area contributed by atoms with E-state index in [1.54, 1.807) is 72.8 Å². The van der Waals surface area contributed by atoms with Crippen molar-refractivity contribution in [2.45, 2.75) is 13.2 Å². The molecule has 0 aliphatic carbocycles. The highest BCUT2D eigenvalue weighted by atomic mass is 16.5. The lowest BCUT2D eigenvalue weighted by atomic mass is 10.0. The van der Waals surface area contributed by atoms with Gasteiger partial charge in [-0.3, -0.25) is 9.59 Å². The number of ketones is 2. The smallest absolute Gasteiger partial charge is 0.185 e. The number of hydrogen-bond donors (Lipinski definition) is 0. The quantitative estimate of drug-likeness (QED) is 0.0863. The molecule has 0 spiro atoms. The van der Waals surface area contributed by atoms with Crippen LogP contribution >= 0.6 is 0 Å². The lowest BCUT2D eigenvalue weighted by molar-refractivity contribution is 0.103. The Hall–Kier alpha value is -6.46. The Balaban J connectivity index is 1.17. The minimum absolute atomic E-state index is 0.134. The van der Waals surface area contributed by atoms with Gasteiger partial charge in [0.15, 0.2) is 11.6 Å². The summed E-state index contributed by atoms with van der Waals surface area (Å²) in [5.74, 6) is 1.11. The second-order valence-electron chi connectivity index (χ2n) is 11.7. The van der Waals surface area contributed by atoms with Crippen molar-refractivity contribution in [2.24, 2.45) is 0 Å². The molecule has 6 rings (SSSR count). The average molecular weight is 656 g/mol. The van der Waals surface area contributed by atoms with Crippen molar-refractivity contribution in [3.8, 4) is 11.5 Å². The van der Waals surface area contributed by atoms with E-state index in [2.05, 4.69) is 4.90 Å². The predicted molar refractivity (Wildman–Crippen MR) is 202 cm³/mol. The largest absolute Gasteiger partial charge is 0.489 e. The lowest BCUT2D eigenvalue weighted by Crippen LogP contribution is -2.09. The summed E-state index contributed by atoms with van der Waals surface area (Å²) in [5, 5.41) is 0. The van der Waals surface area contributed by atoms with Crippen molar-refractivity contribution in [1.29, 1.82) is 0 Å². The second-order valence-corrected chi connectivity index (χ2v) is 11.7. The molecule has 0 bridgehead atoms. The topological polar surface area (TPSA) is 55.8 Å². The molecule has 0 atom stereocenters. The van der Waals surface area contributed by atoms with Gasteiger partial charge in [0.25, 0.3) is 0 Å². The van der Waals surface area contributed by atoms with Gasteiger partial charge < -0.3 is 14.4 Å². The molecule has 0 aliphatic rings. The van der Waals surface area contributed by atoms with Crippen LogP contribution in [0.25, 0.3) is 12.2 Å². The molecule has 0 radical (unpaired) electrons. The maximum absolute atomic E-state index is 13.2. The Morgan fingerprint density at radius 3 is 1.42 bits per heavy atom. The molecule has 5 nitrogen and oxygen atoms in total. The SMILES string of the molecule is CN(c1ccccc1)c1ccc(/C=C/C(=O)c2ccc(OCc3ccccc3)cc2)c(/C=C/C(=O)c2ccc(OCc3ccccc3)cc2)c1. The molecular weight excluding hydrogens is 618 g/mol. The molecule has 0 unspecified atom stereocenters. The zero-order valence-electron chi connectivity index (χ0n) is 27.8. The van der Waals surface area contributed by atoms with Crippen molar-refractivity contribution in [3.63, 3.8) is 0 Å². The zero-order valence-corrected chi connectivity index (χ0v) is 27.8. The third-order valence-electron chi connectivity index (χ3n) is 8.20. The Kier molecular flexibility index (Phi) is 11.1. The first kappa shape index (κ1) is 33.4. The summed E-state index contributed by atoms with van der Waals surface area (Å²) in [5.41, 5.74) is 6.83. The average Bonchev–Trinajstić information content (AvgIpc) is 3.18. The lowest BCUT2D eigenvalue weighted by Gasteiger charge is -2.20. The van der Waals surface area contributed by atoms with Crippen molar-refractivity contribution in [1.82, 2.24) is 0 Å². The first-order chi connectivity index (χ1) is 24.5. The molecule has 6 aromatic carbocycles. The van der Waals surface area contributed by atoms with Crippen LogP contribution in [-0.2, 0) is 13.2 Å². The molecule has 0 saturated carbocycles. The first-order valence-electron chi connectivity index (χ1n) is 16.4. The van der Waals surface area contributed by atoms with E-state index in [4.69, 9.17) is 9.47 Å². The molecule has 0 aromatic heterocycles. The number of nitrogens with zero attached hydrogens (tertiary/aromatic N) is 1. The number of anilines is 2. The minimum Gasteiger partial charge on any atom is -0.489 e. The fourth-order valence-corrected chi connectivity index (χ4v) is 5.30. The van der Waals surface area contributed by atoms with Crippen molar-refractivity contribution in [3.05, 3.63) is 203 Å². The maximum Gasteiger partial charge on any atom is 0.185 e. The summed E-state index contributed by atoms with van der Waals surface area (Å²) in [7, 11) is 2.00. The second kappa shape index (κ2) is 16.6. The highest BCUT2D eigenvalue weighted by molar-refractivity contribution is 6.08. The normalized spacial score (nSPS) is 11.1. The zero-order chi connectivity index (χ0) is 34.5. The van der Waals surface area contributed by atoms with Crippen molar-refractivity contribution in [2.75, 3.05) is 11.9 Å². The van der Waals surface area contributed by atoms with Gasteiger partial charge in [-0.25, -0.2) is 0 Å². The van der Waals surface area contributed by atoms with Crippen LogP contribution in [0.15, 0.2) is 170 Å². The maximum atomic E-state index is 13.2. The van der Waals surface area contributed by atoms with E-state index < -0.39 is 0 Å². The van der Waals surface area contributed by atoms with Gasteiger partial charge in [-0.1, -0.05) is 97.1 Å². The standard InChI is InChI=1S/C45H37NO4/c1-46(40-15-9-4-10-16-40)41-24-17-36(22-29-44(47)37-18-25-42(26-19-37)49-32-34-11-5-2-6-12-34)39(31-41)23-30-45(48)38-20-27-43(28-21-38)50-33-35-13-7-3-8-14-35/h2-31H,32-33H2,1H3/b29-22+,30-23+. The summed E-state index contributed by atoms with van der Waals surface area (Å²) < 4.78 is 11.8. The van der Waals surface area contributed by atoms with Crippen LogP contribution in [0.1, 0.15) is 43.0 Å². The monoisotopic (exact) mass is 655 g/mol. The third kappa shape index (κ3) is 9.12. The summed E-state index contributed by atoms with van der Waals surface area (Å²) >= 11 is 0. The number of allylic oxidation sites excluding steroid dienone is 2. The molecular formula is C45H37NO4. The Morgan fingerprint density at radius 1 is 0.500 bits per heavy atom. The van der Waals surface area contributed by atoms with Gasteiger partial charge in [-0.15, -0.1) is 0 Å². The predicted octanol–water partition coefficient (Wildman–Crippen LogP) is 10.4. The van der Waals surface area contributed by atoms with Gasteiger partial charge in [0, 0.05) is 29.5 Å². The number of rotatable bonds is 14. The molecule has 0 N–H and O–H groups in total. The number of carbonyl (C=O) groups excluding carboxylic acids is 2. The van der Waals surface area contributed by atoms with Gasteiger partial charge in [0.1, 0.15) is 24.7 Å². The van der Waals surface area contributed by atoms with E-state index in [9.17, 15) is 9.59 Å². The molecule has 0 fully saturated rings. The van der Waals surface area contributed by atoms with Crippen LogP contribution in [0.2, 0.25) is 0 Å². The van der Waals surface area contributed by atoms with Gasteiger partial charge >= 0.3 is 0 Å². The van der Waals surface area contributed by atoms with Crippen LogP contribution in [-0.4, -0.2) is 18.6 Å². The molecule has 0 heterocycles. The minimum atomic E-state index is -0.137. The Labute approximate surface area is 293 Å². The van der Waals surface area contributed by atoms with Crippen LogP contribution in [0.4, 0.5) is 11.4 Å². The molecule has 246 valence electrons. The molecule has 0 amide bonds. The number of benzene rings is 6. The highest BCUT2D eigenvalue weighted by Crippen LogP contribution is 2.27. The molecule has 0 saturated heterocycles. The summed E-state index contributed by atoms with van der Waals surface area (Å²) in [6.45, 7) is 0.909.